The van der Waals surface area contributed by atoms with Crippen LogP contribution in [0.15, 0.2) is 24.4 Å². The second-order valence-electron chi connectivity index (χ2n) is 4.31. The van der Waals surface area contributed by atoms with Crippen molar-refractivity contribution < 1.29 is 9.47 Å². The fourth-order valence-corrected chi connectivity index (χ4v) is 2.21. The highest BCUT2D eigenvalue weighted by atomic mass is 35.5. The maximum absolute atomic E-state index is 6.23. The number of hydrogen-bond donors (Lipinski definition) is 1. The van der Waals surface area contributed by atoms with E-state index in [9.17, 15) is 0 Å². The Labute approximate surface area is 122 Å². The summed E-state index contributed by atoms with van der Waals surface area (Å²) in [5.41, 5.74) is 8.58. The normalized spacial score (nSPS) is 12.1. The molecule has 0 fully saturated rings. The number of hydrogen-bond acceptors (Lipinski definition) is 5. The van der Waals surface area contributed by atoms with Gasteiger partial charge in [-0.05, 0) is 24.1 Å². The number of ether oxygens (including phenoxy) is 2. The van der Waals surface area contributed by atoms with Crippen molar-refractivity contribution in [1.82, 2.24) is 9.97 Å². The molecule has 1 unspecified atom stereocenters. The molecular weight excluding hydrogens is 278 g/mol. The second kappa shape index (κ2) is 6.07. The predicted molar refractivity (Wildman–Crippen MR) is 77.4 cm³/mol. The monoisotopic (exact) mass is 293 g/mol. The number of nitrogens with zero attached hydrogens (tertiary/aromatic N) is 2. The molecule has 2 rings (SSSR count). The van der Waals surface area contributed by atoms with E-state index in [1.807, 2.05) is 25.1 Å². The Bertz CT molecular complexity index is 619. The van der Waals surface area contributed by atoms with E-state index in [4.69, 9.17) is 26.8 Å². The van der Waals surface area contributed by atoms with Crippen molar-refractivity contribution in [3.05, 3.63) is 46.2 Å². The quantitative estimate of drug-likeness (QED) is 0.938. The lowest BCUT2D eigenvalue weighted by Gasteiger charge is -2.16. The summed E-state index contributed by atoms with van der Waals surface area (Å²) in [7, 11) is 3.02. The van der Waals surface area contributed by atoms with Gasteiger partial charge >= 0.3 is 0 Å². The van der Waals surface area contributed by atoms with E-state index < -0.39 is 6.04 Å². The van der Waals surface area contributed by atoms with Crippen molar-refractivity contribution in [3.8, 4) is 11.8 Å². The van der Waals surface area contributed by atoms with Gasteiger partial charge in [0.25, 0.3) is 0 Å². The minimum absolute atomic E-state index is 0.327. The first-order valence-corrected chi connectivity index (χ1v) is 6.41. The molecule has 2 aromatic rings. The van der Waals surface area contributed by atoms with Gasteiger partial charge in [0, 0.05) is 5.02 Å². The Morgan fingerprint density at radius 2 is 2.00 bits per heavy atom. The topological polar surface area (TPSA) is 70.3 Å². The van der Waals surface area contributed by atoms with Crippen LogP contribution in [-0.2, 0) is 0 Å². The molecule has 0 aliphatic carbocycles. The summed E-state index contributed by atoms with van der Waals surface area (Å²) in [6.07, 6.45) is 1.50. The van der Waals surface area contributed by atoms with E-state index in [1.165, 1.54) is 20.4 Å². The van der Waals surface area contributed by atoms with Crippen LogP contribution in [0.25, 0.3) is 0 Å². The molecule has 1 atom stereocenters. The third-order valence-electron chi connectivity index (χ3n) is 2.93. The van der Waals surface area contributed by atoms with E-state index in [-0.39, 0.29) is 0 Å². The molecule has 0 radical (unpaired) electrons. The number of nitrogens with two attached hydrogens (primary N) is 1. The first-order chi connectivity index (χ1) is 9.56. The van der Waals surface area contributed by atoms with Crippen molar-refractivity contribution in [1.29, 1.82) is 0 Å². The van der Waals surface area contributed by atoms with Gasteiger partial charge in [-0.25, -0.2) is 4.98 Å². The van der Waals surface area contributed by atoms with Crippen LogP contribution < -0.4 is 15.2 Å². The minimum Gasteiger partial charge on any atom is -0.480 e. The summed E-state index contributed by atoms with van der Waals surface area (Å²) in [4.78, 5) is 8.44. The Balaban J connectivity index is 2.44. The minimum atomic E-state index is -0.517. The summed E-state index contributed by atoms with van der Waals surface area (Å²) in [5, 5.41) is 0.595. The van der Waals surface area contributed by atoms with E-state index in [1.54, 1.807) is 0 Å². The summed E-state index contributed by atoms with van der Waals surface area (Å²) in [5.74, 6) is 0.696. The zero-order valence-corrected chi connectivity index (χ0v) is 12.3. The van der Waals surface area contributed by atoms with E-state index in [0.717, 1.165) is 11.1 Å². The van der Waals surface area contributed by atoms with Crippen molar-refractivity contribution >= 4 is 11.6 Å². The van der Waals surface area contributed by atoms with E-state index in [2.05, 4.69) is 9.97 Å². The van der Waals surface area contributed by atoms with Gasteiger partial charge in [0.05, 0.1) is 26.5 Å². The van der Waals surface area contributed by atoms with Gasteiger partial charge < -0.3 is 15.2 Å². The second-order valence-corrected chi connectivity index (χ2v) is 4.72. The average Bonchev–Trinajstić information content (AvgIpc) is 2.46. The fourth-order valence-electron chi connectivity index (χ4n) is 1.86. The third kappa shape index (κ3) is 2.84. The van der Waals surface area contributed by atoms with E-state index in [0.29, 0.717) is 22.5 Å². The standard InChI is InChI=1S/C14H16ClN3O2/c1-8-4-5-9(10(15)6-8)12(16)13-14(20-3)18-11(19-2)7-17-13/h4-7,12H,16H2,1-3H3. The number of methoxy groups -OCH3 is 2. The van der Waals surface area contributed by atoms with Crippen LogP contribution in [-0.4, -0.2) is 24.2 Å². The number of benzene rings is 1. The molecule has 0 amide bonds. The van der Waals surface area contributed by atoms with Crippen LogP contribution in [0.5, 0.6) is 11.8 Å². The molecule has 2 N–H and O–H groups in total. The fraction of sp³-hybridized carbons (Fsp3) is 0.286. The number of aryl methyl sites for hydroxylation is 1. The lowest BCUT2D eigenvalue weighted by Crippen LogP contribution is -2.16. The lowest BCUT2D eigenvalue weighted by atomic mass is 10.0. The highest BCUT2D eigenvalue weighted by Crippen LogP contribution is 2.30. The average molecular weight is 294 g/mol. The van der Waals surface area contributed by atoms with Gasteiger partial charge in [-0.3, -0.25) is 0 Å². The maximum Gasteiger partial charge on any atom is 0.240 e. The molecule has 5 nitrogen and oxygen atoms in total. The lowest BCUT2D eigenvalue weighted by molar-refractivity contribution is 0.355. The molecule has 106 valence electrons. The molecule has 0 bridgehead atoms. The first-order valence-electron chi connectivity index (χ1n) is 6.03. The predicted octanol–water partition coefficient (Wildman–Crippen LogP) is 2.50. The Kier molecular flexibility index (Phi) is 4.42. The summed E-state index contributed by atoms with van der Waals surface area (Å²) < 4.78 is 10.2. The number of rotatable bonds is 4. The smallest absolute Gasteiger partial charge is 0.240 e. The van der Waals surface area contributed by atoms with Crippen molar-refractivity contribution in [2.45, 2.75) is 13.0 Å². The summed E-state index contributed by atoms with van der Waals surface area (Å²) >= 11 is 6.23. The third-order valence-corrected chi connectivity index (χ3v) is 3.26. The number of halogens is 1. The Morgan fingerprint density at radius 3 is 2.60 bits per heavy atom. The number of aromatic nitrogens is 2. The van der Waals surface area contributed by atoms with Gasteiger partial charge in [0.1, 0.15) is 5.69 Å². The highest BCUT2D eigenvalue weighted by molar-refractivity contribution is 6.31. The Morgan fingerprint density at radius 1 is 1.25 bits per heavy atom. The van der Waals surface area contributed by atoms with Crippen molar-refractivity contribution in [2.75, 3.05) is 14.2 Å². The largest absolute Gasteiger partial charge is 0.480 e. The van der Waals surface area contributed by atoms with Gasteiger partial charge in [-0.2, -0.15) is 4.98 Å². The van der Waals surface area contributed by atoms with Gasteiger partial charge in [-0.1, -0.05) is 23.7 Å². The molecule has 1 heterocycles. The molecule has 1 aromatic carbocycles. The van der Waals surface area contributed by atoms with Crippen LogP contribution in [0.3, 0.4) is 0 Å². The molecular formula is C14H16ClN3O2. The van der Waals surface area contributed by atoms with E-state index >= 15 is 0 Å². The molecule has 0 aliphatic rings. The molecule has 6 heteroatoms. The van der Waals surface area contributed by atoms with Crippen LogP contribution in [0.2, 0.25) is 5.02 Å². The van der Waals surface area contributed by atoms with Crippen molar-refractivity contribution in [2.24, 2.45) is 5.73 Å². The molecule has 0 saturated carbocycles. The molecule has 0 spiro atoms. The van der Waals surface area contributed by atoms with Gasteiger partial charge in [0.2, 0.25) is 11.8 Å². The maximum atomic E-state index is 6.23. The summed E-state index contributed by atoms with van der Waals surface area (Å²) in [6.45, 7) is 1.97. The van der Waals surface area contributed by atoms with Crippen LogP contribution in [0.4, 0.5) is 0 Å². The zero-order chi connectivity index (χ0) is 14.7. The van der Waals surface area contributed by atoms with Crippen molar-refractivity contribution in [3.63, 3.8) is 0 Å². The SMILES string of the molecule is COc1cnc(C(N)c2ccc(C)cc2Cl)c(OC)n1. The summed E-state index contributed by atoms with van der Waals surface area (Å²) in [6, 6.07) is 5.18. The van der Waals surface area contributed by atoms with Crippen LogP contribution in [0.1, 0.15) is 22.9 Å². The first kappa shape index (κ1) is 14.6. The molecule has 0 saturated heterocycles. The van der Waals surface area contributed by atoms with Gasteiger partial charge in [0.15, 0.2) is 0 Å². The van der Waals surface area contributed by atoms with Gasteiger partial charge in [-0.15, -0.1) is 0 Å². The molecule has 20 heavy (non-hydrogen) atoms. The molecule has 0 aliphatic heterocycles. The van der Waals surface area contributed by atoms with Crippen LogP contribution >= 0.6 is 11.6 Å². The Hall–Kier alpha value is -1.85. The molecule has 1 aromatic heterocycles. The van der Waals surface area contributed by atoms with Crippen LogP contribution in [0, 0.1) is 6.92 Å². The zero-order valence-electron chi connectivity index (χ0n) is 11.6. The highest BCUT2D eigenvalue weighted by Gasteiger charge is 2.20.